The number of carbonyl (C=O) groups is 1. The molecule has 6 rings (SSSR count). The summed E-state index contributed by atoms with van der Waals surface area (Å²) < 4.78 is 20.1. The number of nitrogens with one attached hydrogen (secondary N) is 1. The van der Waals surface area contributed by atoms with Crippen molar-refractivity contribution in [3.8, 4) is 11.5 Å². The highest BCUT2D eigenvalue weighted by Crippen LogP contribution is 2.45. The smallest absolute Gasteiger partial charge is 0.344 e. The number of para-hydroxylation sites is 1. The monoisotopic (exact) mass is 497 g/mol. The molecule has 2 atom stereocenters. The van der Waals surface area contributed by atoms with E-state index in [9.17, 15) is 14.4 Å². The molecule has 0 unspecified atom stereocenters. The zero-order valence-corrected chi connectivity index (χ0v) is 20.3. The predicted molar refractivity (Wildman–Crippen MR) is 139 cm³/mol. The number of methoxy groups -OCH3 is 1. The first-order valence-corrected chi connectivity index (χ1v) is 11.7. The minimum Gasteiger partial charge on any atom is -0.497 e. The standard InChI is InChI=1S/C28H23N3O6/c1-30-19-13-8-15(14-20(19)31(2)28(30)34)22-23-24(18-6-4-5-7-21(18)36-27(23)33)37-25(22)26(32)29-16-9-11-17(35-3)12-10-16/h4-14,22,25H,1-3H3,(H,29,32)/t22-,25+/m0/s1. The van der Waals surface area contributed by atoms with Gasteiger partial charge < -0.3 is 19.2 Å². The molecule has 0 spiro atoms. The summed E-state index contributed by atoms with van der Waals surface area (Å²) in [6.45, 7) is 0. The number of ether oxygens (including phenoxy) is 2. The van der Waals surface area contributed by atoms with Crippen molar-refractivity contribution in [2.75, 3.05) is 12.4 Å². The van der Waals surface area contributed by atoms with Crippen molar-refractivity contribution >= 4 is 33.6 Å². The number of anilines is 1. The Kier molecular flexibility index (Phi) is 5.15. The molecule has 1 N–H and O–H groups in total. The maximum atomic E-state index is 13.6. The van der Waals surface area contributed by atoms with E-state index >= 15 is 0 Å². The molecule has 9 nitrogen and oxygen atoms in total. The van der Waals surface area contributed by atoms with Crippen LogP contribution in [0, 0.1) is 0 Å². The van der Waals surface area contributed by atoms with E-state index in [-0.39, 0.29) is 11.3 Å². The number of hydrogen-bond acceptors (Lipinski definition) is 6. The highest BCUT2D eigenvalue weighted by molar-refractivity contribution is 5.98. The Morgan fingerprint density at radius 3 is 2.43 bits per heavy atom. The van der Waals surface area contributed by atoms with Crippen LogP contribution >= 0.6 is 0 Å². The fourth-order valence-electron chi connectivity index (χ4n) is 5.03. The van der Waals surface area contributed by atoms with E-state index in [1.165, 1.54) is 4.57 Å². The normalized spacial score (nSPS) is 16.5. The Morgan fingerprint density at radius 2 is 1.68 bits per heavy atom. The van der Waals surface area contributed by atoms with Gasteiger partial charge in [-0.1, -0.05) is 18.2 Å². The summed E-state index contributed by atoms with van der Waals surface area (Å²) in [5.41, 5.74) is 2.54. The summed E-state index contributed by atoms with van der Waals surface area (Å²) in [6.07, 6.45) is -1.05. The van der Waals surface area contributed by atoms with Gasteiger partial charge in [-0.3, -0.25) is 13.9 Å². The zero-order chi connectivity index (χ0) is 25.8. The molecule has 1 amide bonds. The Morgan fingerprint density at radius 1 is 0.946 bits per heavy atom. The second-order valence-corrected chi connectivity index (χ2v) is 9.01. The summed E-state index contributed by atoms with van der Waals surface area (Å²) in [6, 6.07) is 19.4. The van der Waals surface area contributed by atoms with E-state index in [0.29, 0.717) is 39.2 Å². The third kappa shape index (κ3) is 3.50. The first-order valence-electron chi connectivity index (χ1n) is 11.7. The van der Waals surface area contributed by atoms with Gasteiger partial charge in [-0.25, -0.2) is 9.59 Å². The molecule has 0 saturated heterocycles. The van der Waals surface area contributed by atoms with E-state index in [1.807, 2.05) is 24.3 Å². The number of aryl methyl sites for hydroxylation is 2. The summed E-state index contributed by atoms with van der Waals surface area (Å²) in [5, 5.41) is 3.49. The van der Waals surface area contributed by atoms with E-state index in [1.54, 1.807) is 68.2 Å². The molecule has 9 heteroatoms. The maximum Gasteiger partial charge on any atom is 0.344 e. The van der Waals surface area contributed by atoms with Crippen LogP contribution < -0.4 is 26.1 Å². The van der Waals surface area contributed by atoms with E-state index < -0.39 is 23.6 Å². The first-order chi connectivity index (χ1) is 17.9. The number of nitrogens with zero attached hydrogens (tertiary/aromatic N) is 2. The number of rotatable bonds is 4. The van der Waals surface area contributed by atoms with Crippen LogP contribution in [0.5, 0.6) is 11.5 Å². The molecule has 186 valence electrons. The van der Waals surface area contributed by atoms with Crippen LogP contribution in [0.25, 0.3) is 22.0 Å². The first kappa shape index (κ1) is 22.7. The Bertz CT molecular complexity index is 1810. The predicted octanol–water partition coefficient (Wildman–Crippen LogP) is 3.52. The molecule has 3 aromatic carbocycles. The van der Waals surface area contributed by atoms with E-state index in [4.69, 9.17) is 13.9 Å². The minimum atomic E-state index is -1.05. The zero-order valence-electron chi connectivity index (χ0n) is 20.3. The quantitative estimate of drug-likeness (QED) is 0.381. The number of fused-ring (bicyclic) bond motifs is 4. The van der Waals surface area contributed by atoms with Gasteiger partial charge in [0.1, 0.15) is 17.1 Å². The van der Waals surface area contributed by atoms with Crippen LogP contribution in [0.15, 0.2) is 80.7 Å². The molecule has 3 heterocycles. The second kappa shape index (κ2) is 8.41. The van der Waals surface area contributed by atoms with Gasteiger partial charge in [0, 0.05) is 19.8 Å². The fraction of sp³-hybridized carbons (Fsp3) is 0.179. The SMILES string of the molecule is COc1ccc(NC(=O)[C@@H]2Oc3c(c(=O)oc4ccccc34)[C@@H]2c2ccc3c(c2)n(C)c(=O)n3C)cc1. The van der Waals surface area contributed by atoms with Gasteiger partial charge in [0.15, 0.2) is 6.10 Å². The van der Waals surface area contributed by atoms with Gasteiger partial charge in [0.05, 0.1) is 35.0 Å². The highest BCUT2D eigenvalue weighted by Gasteiger charge is 2.44. The van der Waals surface area contributed by atoms with Crippen molar-refractivity contribution in [1.82, 2.24) is 9.13 Å². The molecule has 2 aromatic heterocycles. The van der Waals surface area contributed by atoms with E-state index in [0.717, 1.165) is 5.52 Å². The number of aromatic nitrogens is 2. The largest absolute Gasteiger partial charge is 0.497 e. The van der Waals surface area contributed by atoms with Crippen molar-refractivity contribution < 1.29 is 18.7 Å². The van der Waals surface area contributed by atoms with Crippen molar-refractivity contribution in [1.29, 1.82) is 0 Å². The van der Waals surface area contributed by atoms with Crippen molar-refractivity contribution in [2.45, 2.75) is 12.0 Å². The van der Waals surface area contributed by atoms with Gasteiger partial charge in [0.2, 0.25) is 0 Å². The van der Waals surface area contributed by atoms with Gasteiger partial charge in [-0.2, -0.15) is 0 Å². The molecular formula is C28H23N3O6. The molecule has 1 aliphatic heterocycles. The van der Waals surface area contributed by atoms with Gasteiger partial charge in [0.25, 0.3) is 5.91 Å². The Balaban J connectivity index is 1.51. The van der Waals surface area contributed by atoms with Crippen LogP contribution in [0.3, 0.4) is 0 Å². The van der Waals surface area contributed by atoms with Crippen LogP contribution in [-0.2, 0) is 18.9 Å². The second-order valence-electron chi connectivity index (χ2n) is 9.01. The molecule has 0 fully saturated rings. The molecule has 37 heavy (non-hydrogen) atoms. The molecule has 5 aromatic rings. The lowest BCUT2D eigenvalue weighted by Crippen LogP contribution is -2.35. The van der Waals surface area contributed by atoms with Crippen LogP contribution in [-0.4, -0.2) is 28.3 Å². The third-order valence-corrected chi connectivity index (χ3v) is 6.93. The lowest BCUT2D eigenvalue weighted by Gasteiger charge is -2.19. The molecule has 0 bridgehead atoms. The molecular weight excluding hydrogens is 474 g/mol. The Hall–Kier alpha value is -4.79. The van der Waals surface area contributed by atoms with Crippen molar-refractivity contribution in [3.63, 3.8) is 0 Å². The summed E-state index contributed by atoms with van der Waals surface area (Å²) in [4.78, 5) is 39.3. The van der Waals surface area contributed by atoms with Crippen LogP contribution in [0.1, 0.15) is 17.0 Å². The van der Waals surface area contributed by atoms with Crippen LogP contribution in [0.2, 0.25) is 0 Å². The Labute approximate surface area is 210 Å². The molecule has 1 aliphatic rings. The van der Waals surface area contributed by atoms with Crippen molar-refractivity contribution in [2.24, 2.45) is 14.1 Å². The van der Waals surface area contributed by atoms with Gasteiger partial charge >= 0.3 is 11.3 Å². The van der Waals surface area contributed by atoms with Crippen LogP contribution in [0.4, 0.5) is 5.69 Å². The summed E-state index contributed by atoms with van der Waals surface area (Å²) in [5.74, 6) is -0.189. The maximum absolute atomic E-state index is 13.6. The summed E-state index contributed by atoms with van der Waals surface area (Å²) in [7, 11) is 4.95. The molecule has 0 saturated carbocycles. The third-order valence-electron chi connectivity index (χ3n) is 6.93. The number of benzene rings is 3. The lowest BCUT2D eigenvalue weighted by atomic mass is 9.88. The van der Waals surface area contributed by atoms with E-state index in [2.05, 4.69) is 5.32 Å². The van der Waals surface area contributed by atoms with Crippen molar-refractivity contribution in [3.05, 3.63) is 98.8 Å². The number of carbonyl (C=O) groups excluding carboxylic acids is 1. The number of imidazole rings is 1. The average Bonchev–Trinajstić information content (AvgIpc) is 3.42. The van der Waals surface area contributed by atoms with Gasteiger partial charge in [-0.05, 0) is 54.1 Å². The average molecular weight is 498 g/mol. The number of amides is 1. The highest BCUT2D eigenvalue weighted by atomic mass is 16.5. The van der Waals surface area contributed by atoms with Gasteiger partial charge in [-0.15, -0.1) is 0 Å². The summed E-state index contributed by atoms with van der Waals surface area (Å²) >= 11 is 0. The molecule has 0 aliphatic carbocycles. The minimum absolute atomic E-state index is 0.172. The molecule has 0 radical (unpaired) electrons. The lowest BCUT2D eigenvalue weighted by molar-refractivity contribution is -0.122. The fourth-order valence-corrected chi connectivity index (χ4v) is 5.03. The number of hydrogen-bond donors (Lipinski definition) is 1. The topological polar surface area (TPSA) is 105 Å².